The second kappa shape index (κ2) is 5.88. The molecule has 0 saturated heterocycles. The molecule has 0 aliphatic heterocycles. The van der Waals surface area contributed by atoms with Crippen LogP contribution in [0, 0.1) is 5.82 Å². The summed E-state index contributed by atoms with van der Waals surface area (Å²) in [6.07, 6.45) is 0. The Morgan fingerprint density at radius 2 is 2.05 bits per heavy atom. The molecule has 0 spiro atoms. The number of nitrogens with zero attached hydrogens (tertiary/aromatic N) is 4. The molecule has 5 nitrogen and oxygen atoms in total. The number of halogens is 3. The monoisotopic (exact) mass is 310 g/mol. The summed E-state index contributed by atoms with van der Waals surface area (Å²) in [6, 6.07) is 6.63. The van der Waals surface area contributed by atoms with Gasteiger partial charge in [-0.05, 0) is 41.0 Å². The zero-order chi connectivity index (χ0) is 14.7. The molecule has 20 heavy (non-hydrogen) atoms. The van der Waals surface area contributed by atoms with Crippen LogP contribution in [0.15, 0.2) is 35.4 Å². The van der Waals surface area contributed by atoms with E-state index in [0.29, 0.717) is 11.3 Å². The van der Waals surface area contributed by atoms with Gasteiger partial charge in [-0.3, -0.25) is 4.79 Å². The lowest BCUT2D eigenvalue weighted by molar-refractivity contribution is 0.100. The highest BCUT2D eigenvalue weighted by Gasteiger charge is 2.10. The Labute approximate surface area is 122 Å². The zero-order valence-electron chi connectivity index (χ0n) is 9.72. The van der Waals surface area contributed by atoms with Gasteiger partial charge in [-0.1, -0.05) is 23.2 Å². The first-order valence-electron chi connectivity index (χ1n) is 5.23. The molecule has 0 saturated carbocycles. The summed E-state index contributed by atoms with van der Waals surface area (Å²) in [4.78, 5) is 17.9. The van der Waals surface area contributed by atoms with E-state index in [1.54, 1.807) is 0 Å². The zero-order valence-corrected chi connectivity index (χ0v) is 11.2. The number of carbonyl (C=O) groups is 1. The van der Waals surface area contributed by atoms with Crippen molar-refractivity contribution in [1.82, 2.24) is 4.98 Å². The molecule has 1 heterocycles. The fourth-order valence-electron chi connectivity index (χ4n) is 1.52. The summed E-state index contributed by atoms with van der Waals surface area (Å²) >= 11 is 11.5. The second-order valence-corrected chi connectivity index (χ2v) is 4.48. The molecule has 1 aromatic heterocycles. The Hall–Kier alpha value is -2.14. The molecule has 1 amide bonds. The average molecular weight is 311 g/mol. The lowest BCUT2D eigenvalue weighted by Crippen LogP contribution is -1.96. The van der Waals surface area contributed by atoms with Gasteiger partial charge in [0.15, 0.2) is 0 Å². The second-order valence-electron chi connectivity index (χ2n) is 3.69. The van der Waals surface area contributed by atoms with Crippen molar-refractivity contribution in [3.8, 4) is 11.3 Å². The number of benzene rings is 1. The molecule has 2 aromatic rings. The number of hydrogen-bond acceptors (Lipinski definition) is 2. The minimum atomic E-state index is -0.786. The third-order valence-electron chi connectivity index (χ3n) is 2.39. The Morgan fingerprint density at radius 1 is 1.30 bits per heavy atom. The first-order chi connectivity index (χ1) is 9.51. The van der Waals surface area contributed by atoms with Crippen molar-refractivity contribution in [2.24, 2.45) is 5.11 Å². The van der Waals surface area contributed by atoms with Gasteiger partial charge in [0.25, 0.3) is 0 Å². The van der Waals surface area contributed by atoms with Gasteiger partial charge < -0.3 is 0 Å². The molecular formula is C12H5Cl2FN4O. The van der Waals surface area contributed by atoms with Gasteiger partial charge in [0.2, 0.25) is 5.91 Å². The van der Waals surface area contributed by atoms with Crippen molar-refractivity contribution >= 4 is 29.1 Å². The first-order valence-corrected chi connectivity index (χ1v) is 5.99. The third kappa shape index (κ3) is 3.05. The van der Waals surface area contributed by atoms with Crippen LogP contribution in [0.4, 0.5) is 4.39 Å². The van der Waals surface area contributed by atoms with Gasteiger partial charge in [0.05, 0.1) is 10.7 Å². The molecule has 2 rings (SSSR count). The van der Waals surface area contributed by atoms with E-state index in [0.717, 1.165) is 0 Å². The molecule has 0 bridgehead atoms. The summed E-state index contributed by atoms with van der Waals surface area (Å²) in [7, 11) is 0. The molecule has 100 valence electrons. The number of azide groups is 1. The lowest BCUT2D eigenvalue weighted by atomic mass is 10.1. The molecule has 8 heteroatoms. The predicted octanol–water partition coefficient (Wildman–Crippen LogP) is 4.65. The molecule has 0 radical (unpaired) electrons. The highest BCUT2D eigenvalue weighted by atomic mass is 35.5. The minimum Gasteiger partial charge on any atom is -0.287 e. The largest absolute Gasteiger partial charge is 0.287 e. The van der Waals surface area contributed by atoms with Crippen LogP contribution < -0.4 is 0 Å². The van der Waals surface area contributed by atoms with Crippen LogP contribution >= 0.6 is 23.2 Å². The minimum absolute atomic E-state index is 0.0411. The van der Waals surface area contributed by atoms with Gasteiger partial charge in [0.1, 0.15) is 11.0 Å². The number of aromatic nitrogens is 1. The molecule has 0 aliphatic rings. The fourth-order valence-corrected chi connectivity index (χ4v) is 1.91. The van der Waals surface area contributed by atoms with E-state index in [-0.39, 0.29) is 15.7 Å². The van der Waals surface area contributed by atoms with Crippen LogP contribution in [-0.4, -0.2) is 10.9 Å². The smallest absolute Gasteiger partial charge is 0.249 e. The normalized spacial score (nSPS) is 9.95. The topological polar surface area (TPSA) is 78.7 Å². The van der Waals surface area contributed by atoms with E-state index in [2.05, 4.69) is 15.0 Å². The molecule has 0 fully saturated rings. The first kappa shape index (κ1) is 14.3. The fraction of sp³-hybridized carbons (Fsp3) is 0. The summed E-state index contributed by atoms with van der Waals surface area (Å²) < 4.78 is 13.1. The number of rotatable bonds is 2. The molecule has 0 N–H and O–H groups in total. The average Bonchev–Trinajstić information content (AvgIpc) is 2.41. The third-order valence-corrected chi connectivity index (χ3v) is 2.88. The summed E-state index contributed by atoms with van der Waals surface area (Å²) in [5.74, 6) is -1.35. The molecule has 0 unspecified atom stereocenters. The summed E-state index contributed by atoms with van der Waals surface area (Å²) in [5, 5.41) is 2.94. The van der Waals surface area contributed by atoms with Crippen molar-refractivity contribution in [2.45, 2.75) is 0 Å². The van der Waals surface area contributed by atoms with E-state index in [9.17, 15) is 9.18 Å². The highest BCUT2D eigenvalue weighted by Crippen LogP contribution is 2.26. The maximum absolute atomic E-state index is 13.1. The molecular weight excluding hydrogens is 306 g/mol. The van der Waals surface area contributed by atoms with E-state index < -0.39 is 11.7 Å². The Bertz CT molecular complexity index is 744. The Morgan fingerprint density at radius 3 is 2.70 bits per heavy atom. The maximum Gasteiger partial charge on any atom is 0.249 e. The molecule has 1 aromatic carbocycles. The Balaban J connectivity index is 2.54. The van der Waals surface area contributed by atoms with Crippen molar-refractivity contribution < 1.29 is 9.18 Å². The van der Waals surface area contributed by atoms with Crippen LogP contribution in [-0.2, 0) is 0 Å². The van der Waals surface area contributed by atoms with Crippen LogP contribution in [0.2, 0.25) is 10.2 Å². The quantitative estimate of drug-likeness (QED) is 0.350. The number of amides is 1. The van der Waals surface area contributed by atoms with Gasteiger partial charge in [-0.2, -0.15) is 0 Å². The standard InChI is InChI=1S/C12H5Cl2FN4O/c13-8-3-6(1-2-9(8)15)10-4-7(5-11(14)17-10)12(20)18-19-16/h1-5H. The molecule has 0 atom stereocenters. The lowest BCUT2D eigenvalue weighted by Gasteiger charge is -2.05. The van der Waals surface area contributed by atoms with Gasteiger partial charge >= 0.3 is 0 Å². The molecule has 0 aliphatic carbocycles. The van der Waals surface area contributed by atoms with Crippen molar-refractivity contribution in [3.63, 3.8) is 0 Å². The van der Waals surface area contributed by atoms with Gasteiger partial charge in [0, 0.05) is 16.0 Å². The van der Waals surface area contributed by atoms with Gasteiger partial charge in [-0.25, -0.2) is 9.37 Å². The number of carbonyl (C=O) groups excluding carboxylic acids is 1. The van der Waals surface area contributed by atoms with E-state index in [1.807, 2.05) is 0 Å². The van der Waals surface area contributed by atoms with Gasteiger partial charge in [-0.15, -0.1) is 0 Å². The van der Waals surface area contributed by atoms with Crippen molar-refractivity contribution in [1.29, 1.82) is 0 Å². The van der Waals surface area contributed by atoms with Crippen LogP contribution in [0.3, 0.4) is 0 Å². The SMILES string of the molecule is [N-]=[N+]=NC(=O)c1cc(Cl)nc(-c2ccc(F)c(Cl)c2)c1. The van der Waals surface area contributed by atoms with Crippen LogP contribution in [0.25, 0.3) is 21.7 Å². The predicted molar refractivity (Wildman–Crippen MR) is 73.1 cm³/mol. The van der Waals surface area contributed by atoms with E-state index >= 15 is 0 Å². The number of pyridine rings is 1. The number of hydrogen-bond donors (Lipinski definition) is 0. The summed E-state index contributed by atoms with van der Waals surface area (Å²) in [6.45, 7) is 0. The Kier molecular flexibility index (Phi) is 4.20. The van der Waals surface area contributed by atoms with Crippen LogP contribution in [0.5, 0.6) is 0 Å². The van der Waals surface area contributed by atoms with Crippen molar-refractivity contribution in [3.05, 3.63) is 62.3 Å². The maximum atomic E-state index is 13.1. The van der Waals surface area contributed by atoms with E-state index in [1.165, 1.54) is 30.3 Å². The van der Waals surface area contributed by atoms with E-state index in [4.69, 9.17) is 28.7 Å². The van der Waals surface area contributed by atoms with Crippen molar-refractivity contribution in [2.75, 3.05) is 0 Å². The highest BCUT2D eigenvalue weighted by molar-refractivity contribution is 6.31. The summed E-state index contributed by atoms with van der Waals surface area (Å²) in [5.41, 5.74) is 9.13. The van der Waals surface area contributed by atoms with Crippen LogP contribution in [0.1, 0.15) is 10.4 Å².